The van der Waals surface area contributed by atoms with Crippen LogP contribution in [0.5, 0.6) is 0 Å². The average molecular weight is 825 g/mol. The summed E-state index contributed by atoms with van der Waals surface area (Å²) in [5, 5.41) is 6.31. The minimum absolute atomic E-state index is 0.0240. The van der Waals surface area contributed by atoms with E-state index in [0.29, 0.717) is 25.9 Å². The van der Waals surface area contributed by atoms with Gasteiger partial charge < -0.3 is 29.9 Å². The highest BCUT2D eigenvalue weighted by Crippen LogP contribution is 2.45. The molecule has 0 aromatic heterocycles. The predicted octanol–water partition coefficient (Wildman–Crippen LogP) is 9.20. The molecule has 2 aliphatic heterocycles. The number of rotatable bonds is 7. The summed E-state index contributed by atoms with van der Waals surface area (Å²) in [6.07, 6.45) is 2.85. The van der Waals surface area contributed by atoms with E-state index in [0.717, 1.165) is 58.2 Å². The highest BCUT2D eigenvalue weighted by molar-refractivity contribution is 5.93. The smallest absolute Gasteiger partial charge is 0.410 e. The monoisotopic (exact) mass is 824 g/mol. The van der Waals surface area contributed by atoms with E-state index in [9.17, 15) is 14.4 Å². The first-order chi connectivity index (χ1) is 29.1. The molecule has 2 heterocycles. The molecule has 4 aromatic carbocycles. The van der Waals surface area contributed by atoms with Crippen LogP contribution in [0, 0.1) is 5.41 Å². The second-order valence-electron chi connectivity index (χ2n) is 19.5. The molecule has 2 N–H and O–H groups in total. The van der Waals surface area contributed by atoms with Crippen LogP contribution in [-0.4, -0.2) is 70.7 Å². The van der Waals surface area contributed by atoms with Gasteiger partial charge in [-0.15, -0.1) is 0 Å². The Morgan fingerprint density at radius 3 is 2.11 bits per heavy atom. The van der Waals surface area contributed by atoms with Crippen LogP contribution in [-0.2, 0) is 38.4 Å². The Kier molecular flexibility index (Phi) is 11.5. The molecule has 10 heteroatoms. The summed E-state index contributed by atoms with van der Waals surface area (Å²) >= 11 is 0. The molecule has 1 fully saturated rings. The van der Waals surface area contributed by atoms with E-state index in [1.807, 2.05) is 84.9 Å². The molecule has 2 aliphatic carbocycles. The first-order valence-electron chi connectivity index (χ1n) is 22.0. The minimum Gasteiger partial charge on any atom is -0.449 e. The number of hydrogen-bond donors (Lipinski definition) is 2. The summed E-state index contributed by atoms with van der Waals surface area (Å²) in [6, 6.07) is 29.1. The van der Waals surface area contributed by atoms with Crippen molar-refractivity contribution in [3.05, 3.63) is 130 Å². The minimum atomic E-state index is -0.972. The molecule has 0 spiro atoms. The number of carbonyl (C=O) groups excluding carboxylic acids is 4. The molecule has 320 valence electrons. The van der Waals surface area contributed by atoms with E-state index in [1.165, 1.54) is 11.1 Å². The average Bonchev–Trinajstić information content (AvgIpc) is 3.81. The number of alkyl carbamates (subject to hydrolysis) is 1. The van der Waals surface area contributed by atoms with E-state index in [2.05, 4.69) is 65.2 Å². The van der Waals surface area contributed by atoms with Crippen LogP contribution in [0.3, 0.4) is 0 Å². The van der Waals surface area contributed by atoms with E-state index < -0.39 is 29.2 Å². The van der Waals surface area contributed by atoms with Crippen molar-refractivity contribution in [2.45, 2.75) is 129 Å². The molecule has 10 nitrogen and oxygen atoms in total. The van der Waals surface area contributed by atoms with Crippen molar-refractivity contribution in [1.82, 2.24) is 20.4 Å². The Bertz CT molecular complexity index is 2280. The fourth-order valence-electron chi connectivity index (χ4n) is 9.89. The summed E-state index contributed by atoms with van der Waals surface area (Å²) in [5.74, 6) is -0.812. The second-order valence-corrected chi connectivity index (χ2v) is 19.5. The fourth-order valence-corrected chi connectivity index (χ4v) is 9.89. The van der Waals surface area contributed by atoms with Crippen molar-refractivity contribution in [1.29, 1.82) is 0 Å². The lowest BCUT2D eigenvalue weighted by molar-refractivity contribution is -0.142. The zero-order valence-electron chi connectivity index (χ0n) is 36.6. The number of amides is 4. The normalized spacial score (nSPS) is 21.4. The number of benzene rings is 4. The highest BCUT2D eigenvalue weighted by atomic mass is 16.6. The summed E-state index contributed by atoms with van der Waals surface area (Å²) in [4.78, 5) is 60.1. The number of aryl methyl sites for hydroxylation is 1. The third-order valence-electron chi connectivity index (χ3n) is 13.0. The lowest BCUT2D eigenvalue weighted by Crippen LogP contribution is -2.58. The van der Waals surface area contributed by atoms with Gasteiger partial charge in [-0.3, -0.25) is 9.59 Å². The van der Waals surface area contributed by atoms with Crippen molar-refractivity contribution in [2.24, 2.45) is 5.41 Å². The molecule has 1 saturated heterocycles. The number of ether oxygens (including phenoxy) is 2. The van der Waals surface area contributed by atoms with Gasteiger partial charge in [0, 0.05) is 31.0 Å². The van der Waals surface area contributed by atoms with Gasteiger partial charge in [-0.05, 0) is 115 Å². The molecule has 0 saturated carbocycles. The number of hydrogen-bond acceptors (Lipinski definition) is 6. The summed E-state index contributed by atoms with van der Waals surface area (Å²) < 4.78 is 11.7. The Balaban J connectivity index is 1.04. The van der Waals surface area contributed by atoms with Crippen molar-refractivity contribution < 1.29 is 28.7 Å². The Morgan fingerprint density at radius 2 is 1.44 bits per heavy atom. The van der Waals surface area contributed by atoms with Crippen LogP contribution in [0.15, 0.2) is 91.0 Å². The zero-order chi connectivity index (χ0) is 43.2. The maximum absolute atomic E-state index is 15.0. The van der Waals surface area contributed by atoms with Gasteiger partial charge in [0.1, 0.15) is 24.3 Å². The van der Waals surface area contributed by atoms with Gasteiger partial charge in [0.25, 0.3) is 0 Å². The van der Waals surface area contributed by atoms with E-state index >= 15 is 4.79 Å². The molecule has 4 aliphatic rings. The fraction of sp³-hybridized carbons (Fsp3) is 0.451. The zero-order valence-corrected chi connectivity index (χ0v) is 36.6. The molecular weight excluding hydrogens is 765 g/mol. The van der Waals surface area contributed by atoms with Gasteiger partial charge in [0.05, 0.1) is 6.04 Å². The third-order valence-corrected chi connectivity index (χ3v) is 13.0. The molecule has 5 atom stereocenters. The van der Waals surface area contributed by atoms with Crippen LogP contribution in [0.25, 0.3) is 11.1 Å². The number of carbonyl (C=O) groups is 4. The van der Waals surface area contributed by atoms with E-state index in [1.54, 1.807) is 9.80 Å². The highest BCUT2D eigenvalue weighted by Gasteiger charge is 2.46. The van der Waals surface area contributed by atoms with Gasteiger partial charge in [-0.1, -0.05) is 112 Å². The number of nitrogens with one attached hydrogen (secondary N) is 2. The molecule has 3 unspecified atom stereocenters. The summed E-state index contributed by atoms with van der Waals surface area (Å²) in [6.45, 7) is 14.2. The van der Waals surface area contributed by atoms with Crippen molar-refractivity contribution >= 4 is 24.0 Å². The van der Waals surface area contributed by atoms with Crippen LogP contribution in [0.4, 0.5) is 9.59 Å². The molecule has 8 rings (SSSR count). The number of nitrogens with zero attached hydrogens (tertiary/aromatic N) is 2. The predicted molar refractivity (Wildman–Crippen MR) is 236 cm³/mol. The quantitative estimate of drug-likeness (QED) is 0.192. The molecule has 4 amide bonds. The lowest BCUT2D eigenvalue weighted by Gasteiger charge is -2.36. The number of likely N-dealkylation sites (tertiary alicyclic amines) is 1. The molecule has 4 aromatic rings. The second kappa shape index (κ2) is 16.7. The lowest BCUT2D eigenvalue weighted by atomic mass is 9.85. The van der Waals surface area contributed by atoms with Crippen LogP contribution in [0.2, 0.25) is 0 Å². The van der Waals surface area contributed by atoms with E-state index in [-0.39, 0.29) is 48.4 Å². The SMILES string of the molecule is CC1Cc2ccc(C3C[C@@H](C(=O)N[C@@H]4CCCc5ccccc54)N(C(=O)C(NC(=O)OCC4c5ccccc5-c5ccccc54)C(C)(C)C)C3)cc2CN1C(=O)OC(C)(C)C. The first-order valence-corrected chi connectivity index (χ1v) is 22.0. The maximum atomic E-state index is 15.0. The standard InChI is InChI=1S/C51H60N4O6/c1-31-25-33-23-24-34(26-35(33)28-54(31)49(59)61-51(5,6)7)36-27-44(46(56)52-43-22-14-16-32-15-8-9-17-37(32)43)55(29-36)47(57)45(50(2,3)4)53-48(58)60-30-42-40-20-12-10-18-38(40)39-19-11-13-21-41(39)42/h8-13,15,17-21,23-24,26,31,36,42-45H,14,16,22,25,27-30H2,1-7H3,(H,52,56)(H,53,58)/t31?,36?,43-,44+,45?/m1/s1. The van der Waals surface area contributed by atoms with Gasteiger partial charge in [-0.25, -0.2) is 9.59 Å². The van der Waals surface area contributed by atoms with Gasteiger partial charge in [0.15, 0.2) is 0 Å². The molecule has 0 radical (unpaired) electrons. The van der Waals surface area contributed by atoms with Gasteiger partial charge in [0.2, 0.25) is 11.8 Å². The maximum Gasteiger partial charge on any atom is 0.410 e. The molecular formula is C51H60N4O6. The largest absolute Gasteiger partial charge is 0.449 e. The van der Waals surface area contributed by atoms with Gasteiger partial charge >= 0.3 is 12.2 Å². The Labute approximate surface area is 360 Å². The van der Waals surface area contributed by atoms with Crippen LogP contribution in [0.1, 0.15) is 125 Å². The van der Waals surface area contributed by atoms with Crippen molar-refractivity contribution in [2.75, 3.05) is 13.2 Å². The van der Waals surface area contributed by atoms with Crippen molar-refractivity contribution in [3.63, 3.8) is 0 Å². The van der Waals surface area contributed by atoms with Gasteiger partial charge in [-0.2, -0.15) is 0 Å². The van der Waals surface area contributed by atoms with Crippen LogP contribution >= 0.6 is 0 Å². The van der Waals surface area contributed by atoms with Crippen molar-refractivity contribution in [3.8, 4) is 11.1 Å². The van der Waals surface area contributed by atoms with Crippen LogP contribution < -0.4 is 10.6 Å². The summed E-state index contributed by atoms with van der Waals surface area (Å²) in [5.41, 5.74) is 8.72. The Hall–Kier alpha value is -5.64. The number of fused-ring (bicyclic) bond motifs is 5. The third kappa shape index (κ3) is 8.77. The van der Waals surface area contributed by atoms with E-state index in [4.69, 9.17) is 9.47 Å². The molecule has 61 heavy (non-hydrogen) atoms. The summed E-state index contributed by atoms with van der Waals surface area (Å²) in [7, 11) is 0. The topological polar surface area (TPSA) is 117 Å². The molecule has 0 bridgehead atoms. The first kappa shape index (κ1) is 42.1. The Morgan fingerprint density at radius 1 is 0.787 bits per heavy atom.